The van der Waals surface area contributed by atoms with Gasteiger partial charge in [-0.1, -0.05) is 19.9 Å². The van der Waals surface area contributed by atoms with Gasteiger partial charge in [0.25, 0.3) is 5.69 Å². The second-order valence-corrected chi connectivity index (χ2v) is 8.31. The zero-order chi connectivity index (χ0) is 18.2. The summed E-state index contributed by atoms with van der Waals surface area (Å²) in [4.78, 5) is 13.5. The number of nitrogens with zero attached hydrogens (tertiary/aromatic N) is 2. The minimum atomic E-state index is -0.531. The molecule has 1 heterocycles. The molecule has 0 aromatic heterocycles. The lowest BCUT2D eigenvalue weighted by molar-refractivity contribution is -0.384. The molecule has 1 saturated carbocycles. The van der Waals surface area contributed by atoms with Crippen molar-refractivity contribution in [2.24, 2.45) is 11.3 Å². The SMILES string of the molecule is CC(C)N(CC1CC1)c1ccc(B2OCC(C)(C)CO2)cc1[N+](=O)[O-]. The summed E-state index contributed by atoms with van der Waals surface area (Å²) in [7, 11) is -0.531. The Hall–Kier alpha value is -1.60. The summed E-state index contributed by atoms with van der Waals surface area (Å²) < 4.78 is 11.6. The van der Waals surface area contributed by atoms with E-state index in [0.717, 1.165) is 6.54 Å². The van der Waals surface area contributed by atoms with Gasteiger partial charge in [0.2, 0.25) is 0 Å². The van der Waals surface area contributed by atoms with Crippen LogP contribution in [-0.4, -0.2) is 37.8 Å². The lowest BCUT2D eigenvalue weighted by Crippen LogP contribution is -2.47. The van der Waals surface area contributed by atoms with Gasteiger partial charge in [0.05, 0.1) is 4.92 Å². The third-order valence-corrected chi connectivity index (χ3v) is 4.80. The lowest BCUT2D eigenvalue weighted by atomic mass is 9.75. The second kappa shape index (κ2) is 6.96. The molecular formula is C18H27BN2O4. The van der Waals surface area contributed by atoms with Gasteiger partial charge in [0.1, 0.15) is 5.69 Å². The van der Waals surface area contributed by atoms with E-state index in [2.05, 4.69) is 32.6 Å². The third kappa shape index (κ3) is 4.33. The molecule has 1 aromatic rings. The Morgan fingerprint density at radius 1 is 1.32 bits per heavy atom. The Bertz CT molecular complexity index is 636. The first kappa shape index (κ1) is 18.2. The van der Waals surface area contributed by atoms with E-state index in [0.29, 0.717) is 30.3 Å². The van der Waals surface area contributed by atoms with Gasteiger partial charge in [-0.05, 0) is 44.1 Å². The molecule has 1 aromatic carbocycles. The molecule has 25 heavy (non-hydrogen) atoms. The Balaban J connectivity index is 1.86. The van der Waals surface area contributed by atoms with E-state index in [-0.39, 0.29) is 22.1 Å². The van der Waals surface area contributed by atoms with Crippen molar-refractivity contribution in [3.8, 4) is 0 Å². The Kier molecular flexibility index (Phi) is 5.07. The van der Waals surface area contributed by atoms with Gasteiger partial charge in [-0.15, -0.1) is 0 Å². The van der Waals surface area contributed by atoms with Crippen LogP contribution >= 0.6 is 0 Å². The number of nitro benzene ring substituents is 1. The Morgan fingerprint density at radius 2 is 1.96 bits per heavy atom. The predicted octanol–water partition coefficient (Wildman–Crippen LogP) is 2.99. The smallest absolute Gasteiger partial charge is 0.407 e. The number of rotatable bonds is 6. The molecule has 7 heteroatoms. The standard InChI is InChI=1S/C18H27BN2O4/c1-13(2)20(10-14-5-6-14)16-8-7-15(9-17(16)21(22)23)19-24-11-18(3,4)12-25-19/h7-9,13-14H,5-6,10-12H2,1-4H3. The summed E-state index contributed by atoms with van der Waals surface area (Å²) >= 11 is 0. The highest BCUT2D eigenvalue weighted by atomic mass is 16.6. The van der Waals surface area contributed by atoms with Crippen LogP contribution in [0, 0.1) is 21.4 Å². The summed E-state index contributed by atoms with van der Waals surface area (Å²) in [6, 6.07) is 5.57. The van der Waals surface area contributed by atoms with Gasteiger partial charge >= 0.3 is 7.12 Å². The number of hydrogen-bond donors (Lipinski definition) is 0. The van der Waals surface area contributed by atoms with Crippen molar-refractivity contribution >= 4 is 24.0 Å². The largest absolute Gasteiger partial charge is 0.494 e. The van der Waals surface area contributed by atoms with Crippen LogP contribution in [0.4, 0.5) is 11.4 Å². The first-order valence-corrected chi connectivity index (χ1v) is 9.05. The van der Waals surface area contributed by atoms with E-state index < -0.39 is 7.12 Å². The highest BCUT2D eigenvalue weighted by molar-refractivity contribution is 6.61. The van der Waals surface area contributed by atoms with Gasteiger partial charge in [0.15, 0.2) is 0 Å². The summed E-state index contributed by atoms with van der Waals surface area (Å²) in [5.41, 5.74) is 1.50. The van der Waals surface area contributed by atoms with Crippen LogP contribution in [-0.2, 0) is 9.31 Å². The minimum Gasteiger partial charge on any atom is -0.407 e. The van der Waals surface area contributed by atoms with Gasteiger partial charge < -0.3 is 14.2 Å². The zero-order valence-electron chi connectivity index (χ0n) is 15.5. The van der Waals surface area contributed by atoms with E-state index in [1.165, 1.54) is 12.8 Å². The summed E-state index contributed by atoms with van der Waals surface area (Å²) in [5.74, 6) is 0.661. The van der Waals surface area contributed by atoms with Gasteiger partial charge in [-0.2, -0.15) is 0 Å². The summed E-state index contributed by atoms with van der Waals surface area (Å²) in [5, 5.41) is 11.7. The highest BCUT2D eigenvalue weighted by Crippen LogP contribution is 2.35. The molecule has 0 radical (unpaired) electrons. The number of benzene rings is 1. The molecular weight excluding hydrogens is 319 g/mol. The fourth-order valence-electron chi connectivity index (χ4n) is 3.13. The Labute approximate surface area is 149 Å². The van der Waals surface area contributed by atoms with Crippen LogP contribution in [0.3, 0.4) is 0 Å². The van der Waals surface area contributed by atoms with Crippen LogP contribution < -0.4 is 10.4 Å². The molecule has 0 spiro atoms. The molecule has 2 aliphatic rings. The van der Waals surface area contributed by atoms with Crippen LogP contribution in [0.5, 0.6) is 0 Å². The van der Waals surface area contributed by atoms with Crippen molar-refractivity contribution in [2.45, 2.75) is 46.6 Å². The number of hydrogen-bond acceptors (Lipinski definition) is 5. The van der Waals surface area contributed by atoms with Crippen molar-refractivity contribution in [1.82, 2.24) is 0 Å². The van der Waals surface area contributed by atoms with E-state index in [4.69, 9.17) is 9.31 Å². The van der Waals surface area contributed by atoms with Gasteiger partial charge in [-0.25, -0.2) is 0 Å². The van der Waals surface area contributed by atoms with E-state index >= 15 is 0 Å². The zero-order valence-corrected chi connectivity index (χ0v) is 15.5. The average molecular weight is 346 g/mol. The van der Waals surface area contributed by atoms with E-state index in [9.17, 15) is 10.1 Å². The molecule has 136 valence electrons. The maximum Gasteiger partial charge on any atom is 0.494 e. The monoisotopic (exact) mass is 346 g/mol. The Morgan fingerprint density at radius 3 is 2.48 bits per heavy atom. The van der Waals surface area contributed by atoms with Crippen molar-refractivity contribution in [2.75, 3.05) is 24.7 Å². The quantitative estimate of drug-likeness (QED) is 0.450. The molecule has 0 bridgehead atoms. The van der Waals surface area contributed by atoms with Crippen LogP contribution in [0.25, 0.3) is 0 Å². The fourth-order valence-corrected chi connectivity index (χ4v) is 3.13. The maximum atomic E-state index is 11.7. The maximum absolute atomic E-state index is 11.7. The lowest BCUT2D eigenvalue weighted by Gasteiger charge is -2.33. The molecule has 1 saturated heterocycles. The molecule has 0 amide bonds. The molecule has 6 nitrogen and oxygen atoms in total. The van der Waals surface area contributed by atoms with Crippen molar-refractivity contribution in [1.29, 1.82) is 0 Å². The fraction of sp³-hybridized carbons (Fsp3) is 0.667. The van der Waals surface area contributed by atoms with Crippen LogP contribution in [0.1, 0.15) is 40.5 Å². The van der Waals surface area contributed by atoms with E-state index in [1.54, 1.807) is 6.07 Å². The predicted molar refractivity (Wildman–Crippen MR) is 99.4 cm³/mol. The van der Waals surface area contributed by atoms with Crippen LogP contribution in [0.2, 0.25) is 0 Å². The molecule has 1 aliphatic carbocycles. The van der Waals surface area contributed by atoms with Crippen molar-refractivity contribution in [3.63, 3.8) is 0 Å². The summed E-state index contributed by atoms with van der Waals surface area (Å²) in [6.07, 6.45) is 2.43. The highest BCUT2D eigenvalue weighted by Gasteiger charge is 2.35. The summed E-state index contributed by atoms with van der Waals surface area (Å²) in [6.45, 7) is 10.3. The molecule has 2 fully saturated rings. The third-order valence-electron chi connectivity index (χ3n) is 4.80. The second-order valence-electron chi connectivity index (χ2n) is 8.31. The van der Waals surface area contributed by atoms with E-state index in [1.807, 2.05) is 12.1 Å². The van der Waals surface area contributed by atoms with Gasteiger partial charge in [-0.3, -0.25) is 10.1 Å². The van der Waals surface area contributed by atoms with Crippen molar-refractivity contribution in [3.05, 3.63) is 28.3 Å². The molecule has 3 rings (SSSR count). The first-order valence-electron chi connectivity index (χ1n) is 9.05. The van der Waals surface area contributed by atoms with Crippen LogP contribution in [0.15, 0.2) is 18.2 Å². The van der Waals surface area contributed by atoms with Crippen molar-refractivity contribution < 1.29 is 14.2 Å². The van der Waals surface area contributed by atoms with Gasteiger partial charge in [0, 0.05) is 37.3 Å². The number of nitro groups is 1. The topological polar surface area (TPSA) is 64.8 Å². The first-order chi connectivity index (χ1) is 11.8. The molecule has 1 aliphatic heterocycles. The molecule has 0 N–H and O–H groups in total. The number of anilines is 1. The minimum absolute atomic E-state index is 0.0267. The molecule has 0 unspecified atom stereocenters. The normalized spacial score (nSPS) is 20.0. The molecule has 0 atom stereocenters. The average Bonchev–Trinajstić information content (AvgIpc) is 3.36.